The molecule has 0 saturated heterocycles. The summed E-state index contributed by atoms with van der Waals surface area (Å²) in [6, 6.07) is 0. The van der Waals surface area contributed by atoms with Gasteiger partial charge in [-0.05, 0) is 36.1 Å². The summed E-state index contributed by atoms with van der Waals surface area (Å²) in [6.45, 7) is 3.86. The highest BCUT2D eigenvalue weighted by Crippen LogP contribution is 2.24. The Kier molecular flexibility index (Phi) is 7.15. The molecular formula is C15H27N5OS. The number of aryl methyl sites for hydroxylation is 1. The fourth-order valence-corrected chi connectivity index (χ4v) is 3.83. The Morgan fingerprint density at radius 2 is 2.14 bits per heavy atom. The third-order valence-corrected chi connectivity index (χ3v) is 5.29. The first kappa shape index (κ1) is 17.2. The average molecular weight is 325 g/mol. The summed E-state index contributed by atoms with van der Waals surface area (Å²) in [5.74, 6) is 3.44. The number of aromatic nitrogens is 4. The van der Waals surface area contributed by atoms with Gasteiger partial charge in [0.1, 0.15) is 0 Å². The van der Waals surface area contributed by atoms with Gasteiger partial charge in [0.15, 0.2) is 5.82 Å². The maximum Gasteiger partial charge on any atom is 0.223 e. The van der Waals surface area contributed by atoms with E-state index in [2.05, 4.69) is 22.4 Å². The van der Waals surface area contributed by atoms with Crippen molar-refractivity contribution in [2.75, 3.05) is 18.8 Å². The molecule has 1 aliphatic carbocycles. The first-order chi connectivity index (χ1) is 10.7. The molecule has 0 N–H and O–H groups in total. The number of tetrazole rings is 1. The summed E-state index contributed by atoms with van der Waals surface area (Å²) in [6.07, 6.45) is 7.21. The maximum absolute atomic E-state index is 12.3. The molecule has 1 heterocycles. The standard InChI is InChI=1S/C15H27N5OS/c1-3-20(11-13-7-5-4-6-8-13)15(21)9-10-22-12-14-16-17-18-19(14)2/h13H,3-12H2,1-2H3. The molecule has 1 fully saturated rings. The van der Waals surface area contributed by atoms with E-state index >= 15 is 0 Å². The molecule has 1 aromatic heterocycles. The van der Waals surface area contributed by atoms with Gasteiger partial charge in [-0.15, -0.1) is 5.10 Å². The van der Waals surface area contributed by atoms with Crippen LogP contribution in [-0.2, 0) is 17.6 Å². The van der Waals surface area contributed by atoms with Crippen LogP contribution in [0.4, 0.5) is 0 Å². The van der Waals surface area contributed by atoms with Crippen LogP contribution in [0.2, 0.25) is 0 Å². The van der Waals surface area contributed by atoms with Crippen molar-refractivity contribution in [3.05, 3.63) is 5.82 Å². The number of rotatable bonds is 8. The molecule has 6 nitrogen and oxygen atoms in total. The number of hydrogen-bond acceptors (Lipinski definition) is 5. The monoisotopic (exact) mass is 325 g/mol. The van der Waals surface area contributed by atoms with E-state index in [-0.39, 0.29) is 5.91 Å². The number of nitrogens with zero attached hydrogens (tertiary/aromatic N) is 5. The summed E-state index contributed by atoms with van der Waals surface area (Å²) in [5, 5.41) is 11.4. The summed E-state index contributed by atoms with van der Waals surface area (Å²) in [7, 11) is 1.84. The van der Waals surface area contributed by atoms with Crippen LogP contribution in [-0.4, -0.2) is 49.9 Å². The van der Waals surface area contributed by atoms with Gasteiger partial charge >= 0.3 is 0 Å². The predicted molar refractivity (Wildman–Crippen MR) is 88.4 cm³/mol. The fourth-order valence-electron chi connectivity index (χ4n) is 2.94. The summed E-state index contributed by atoms with van der Waals surface area (Å²) < 4.78 is 1.68. The zero-order valence-corrected chi connectivity index (χ0v) is 14.5. The smallest absolute Gasteiger partial charge is 0.223 e. The Bertz CT molecular complexity index is 459. The lowest BCUT2D eigenvalue weighted by Gasteiger charge is -2.29. The van der Waals surface area contributed by atoms with Crippen LogP contribution in [0.15, 0.2) is 0 Å². The predicted octanol–water partition coefficient (Wildman–Crippen LogP) is 2.26. The summed E-state index contributed by atoms with van der Waals surface area (Å²) in [4.78, 5) is 14.4. The van der Waals surface area contributed by atoms with Gasteiger partial charge in [0.25, 0.3) is 0 Å². The van der Waals surface area contributed by atoms with Crippen LogP contribution in [0, 0.1) is 5.92 Å². The normalized spacial score (nSPS) is 15.9. The number of hydrogen-bond donors (Lipinski definition) is 0. The third kappa shape index (κ3) is 5.26. The molecule has 22 heavy (non-hydrogen) atoms. The van der Waals surface area contributed by atoms with Gasteiger partial charge in [-0.25, -0.2) is 4.68 Å². The van der Waals surface area contributed by atoms with E-state index in [0.717, 1.165) is 36.3 Å². The molecule has 1 aliphatic rings. The van der Waals surface area contributed by atoms with Crippen LogP contribution in [0.1, 0.15) is 51.3 Å². The van der Waals surface area contributed by atoms with E-state index in [1.807, 2.05) is 11.9 Å². The van der Waals surface area contributed by atoms with Crippen molar-refractivity contribution in [3.63, 3.8) is 0 Å². The minimum Gasteiger partial charge on any atom is -0.343 e. The first-order valence-corrected chi connectivity index (χ1v) is 9.43. The quantitative estimate of drug-likeness (QED) is 0.686. The number of carbonyl (C=O) groups is 1. The van der Waals surface area contributed by atoms with Gasteiger partial charge in [0, 0.05) is 32.3 Å². The largest absolute Gasteiger partial charge is 0.343 e. The second-order valence-electron chi connectivity index (χ2n) is 5.96. The van der Waals surface area contributed by atoms with Gasteiger partial charge in [-0.1, -0.05) is 19.3 Å². The molecule has 1 saturated carbocycles. The molecule has 0 radical (unpaired) electrons. The molecule has 0 aromatic carbocycles. The fraction of sp³-hybridized carbons (Fsp3) is 0.867. The minimum atomic E-state index is 0.289. The molecule has 0 aliphatic heterocycles. The van der Waals surface area contributed by atoms with Crippen LogP contribution in [0.25, 0.3) is 0 Å². The summed E-state index contributed by atoms with van der Waals surface area (Å²) >= 11 is 1.72. The number of carbonyl (C=O) groups excluding carboxylic acids is 1. The van der Waals surface area contributed by atoms with Crippen molar-refractivity contribution in [1.82, 2.24) is 25.1 Å². The van der Waals surface area contributed by atoms with Gasteiger partial charge in [-0.3, -0.25) is 4.79 Å². The second-order valence-corrected chi connectivity index (χ2v) is 7.06. The topological polar surface area (TPSA) is 63.9 Å². The van der Waals surface area contributed by atoms with Crippen LogP contribution in [0.3, 0.4) is 0 Å². The van der Waals surface area contributed by atoms with E-state index in [1.165, 1.54) is 32.1 Å². The minimum absolute atomic E-state index is 0.289. The van der Waals surface area contributed by atoms with Gasteiger partial charge in [0.05, 0.1) is 5.75 Å². The Morgan fingerprint density at radius 3 is 2.77 bits per heavy atom. The zero-order valence-electron chi connectivity index (χ0n) is 13.7. The summed E-state index contributed by atoms with van der Waals surface area (Å²) in [5.41, 5.74) is 0. The van der Waals surface area contributed by atoms with Gasteiger partial charge in [-0.2, -0.15) is 11.8 Å². The van der Waals surface area contributed by atoms with Crippen LogP contribution in [0.5, 0.6) is 0 Å². The van der Waals surface area contributed by atoms with Crippen molar-refractivity contribution in [1.29, 1.82) is 0 Å². The molecule has 0 spiro atoms. The lowest BCUT2D eigenvalue weighted by molar-refractivity contribution is -0.131. The zero-order chi connectivity index (χ0) is 15.8. The lowest BCUT2D eigenvalue weighted by atomic mass is 9.89. The van der Waals surface area contributed by atoms with Crippen molar-refractivity contribution in [2.24, 2.45) is 13.0 Å². The maximum atomic E-state index is 12.3. The van der Waals surface area contributed by atoms with Gasteiger partial charge < -0.3 is 4.90 Å². The Hall–Kier alpha value is -1.11. The van der Waals surface area contributed by atoms with Crippen molar-refractivity contribution in [2.45, 2.75) is 51.2 Å². The molecule has 0 bridgehead atoms. The molecular weight excluding hydrogens is 298 g/mol. The third-order valence-electron chi connectivity index (χ3n) is 4.34. The van der Waals surface area contributed by atoms with E-state index in [4.69, 9.17) is 0 Å². The molecule has 2 rings (SSSR count). The molecule has 0 unspecified atom stereocenters. The van der Waals surface area contributed by atoms with Gasteiger partial charge in [0.2, 0.25) is 5.91 Å². The highest BCUT2D eigenvalue weighted by Gasteiger charge is 2.19. The second kappa shape index (κ2) is 9.12. The van der Waals surface area contributed by atoms with Crippen molar-refractivity contribution < 1.29 is 4.79 Å². The SMILES string of the molecule is CCN(CC1CCCCC1)C(=O)CCSCc1nnnn1C. The van der Waals surface area contributed by atoms with E-state index < -0.39 is 0 Å². The first-order valence-electron chi connectivity index (χ1n) is 8.27. The number of amides is 1. The average Bonchev–Trinajstić information content (AvgIpc) is 2.95. The number of thioether (sulfide) groups is 1. The Balaban J connectivity index is 1.66. The molecule has 7 heteroatoms. The molecule has 0 atom stereocenters. The highest BCUT2D eigenvalue weighted by atomic mass is 32.2. The van der Waals surface area contributed by atoms with E-state index in [1.54, 1.807) is 16.4 Å². The molecule has 1 amide bonds. The Morgan fingerprint density at radius 1 is 1.36 bits per heavy atom. The van der Waals surface area contributed by atoms with Crippen LogP contribution >= 0.6 is 11.8 Å². The molecule has 1 aromatic rings. The lowest BCUT2D eigenvalue weighted by Crippen LogP contribution is -2.36. The molecule has 124 valence electrons. The van der Waals surface area contributed by atoms with E-state index in [9.17, 15) is 4.79 Å². The van der Waals surface area contributed by atoms with Crippen LogP contribution < -0.4 is 0 Å². The van der Waals surface area contributed by atoms with E-state index in [0.29, 0.717) is 6.42 Å². The Labute approximate surface area is 137 Å². The van der Waals surface area contributed by atoms with Crippen molar-refractivity contribution >= 4 is 17.7 Å². The van der Waals surface area contributed by atoms with Crippen molar-refractivity contribution in [3.8, 4) is 0 Å². The highest BCUT2D eigenvalue weighted by molar-refractivity contribution is 7.98.